The van der Waals surface area contributed by atoms with Gasteiger partial charge in [0.25, 0.3) is 0 Å². The van der Waals surface area contributed by atoms with Gasteiger partial charge in [0.2, 0.25) is 11.8 Å². The minimum atomic E-state index is -0.392. The van der Waals surface area contributed by atoms with Gasteiger partial charge in [-0.05, 0) is 31.4 Å². The van der Waals surface area contributed by atoms with Crippen LogP contribution in [0.25, 0.3) is 10.9 Å². The van der Waals surface area contributed by atoms with E-state index >= 15 is 0 Å². The normalized spacial score (nSPS) is 19.3. The standard InChI is InChI=1S/C18H17N5O2S/c24-15-8-10(17(25)20-18-19-13-6-3-7-14(13)26-18)9-23(15)16-11-4-1-2-5-12(11)21-22-16/h1-2,4-5,10H,3,6-9H2,(H,21,22)(H,19,20,25)/t10-/m0/s1. The van der Waals surface area contributed by atoms with Crippen molar-refractivity contribution in [2.75, 3.05) is 16.8 Å². The Balaban J connectivity index is 1.33. The first-order valence-corrected chi connectivity index (χ1v) is 9.53. The van der Waals surface area contributed by atoms with Crippen LogP contribution in [0.1, 0.15) is 23.4 Å². The number of nitrogens with one attached hydrogen (secondary N) is 2. The third-order valence-electron chi connectivity index (χ3n) is 5.03. The van der Waals surface area contributed by atoms with Crippen molar-refractivity contribution in [3.05, 3.63) is 34.8 Å². The fourth-order valence-corrected chi connectivity index (χ4v) is 4.75. The third-order valence-corrected chi connectivity index (χ3v) is 6.10. The van der Waals surface area contributed by atoms with E-state index in [0.717, 1.165) is 35.9 Å². The molecule has 3 aromatic rings. The molecule has 0 radical (unpaired) electrons. The number of amides is 2. The summed E-state index contributed by atoms with van der Waals surface area (Å²) in [5.74, 6) is -0.0250. The lowest BCUT2D eigenvalue weighted by Gasteiger charge is -2.13. The molecule has 0 unspecified atom stereocenters. The molecule has 26 heavy (non-hydrogen) atoms. The number of nitrogens with zero attached hydrogens (tertiary/aromatic N) is 3. The van der Waals surface area contributed by atoms with Crippen LogP contribution in [0.3, 0.4) is 0 Å². The van der Waals surface area contributed by atoms with Crippen LogP contribution in [-0.2, 0) is 22.4 Å². The SMILES string of the molecule is O=C(Nc1nc2c(s1)CCC2)[C@H]1CC(=O)N(c2n[nH]c3ccccc23)C1. The van der Waals surface area contributed by atoms with Gasteiger partial charge in [0.15, 0.2) is 10.9 Å². The van der Waals surface area contributed by atoms with E-state index in [9.17, 15) is 9.59 Å². The third kappa shape index (κ3) is 2.48. The van der Waals surface area contributed by atoms with Crippen molar-refractivity contribution in [1.29, 1.82) is 0 Å². The maximum absolute atomic E-state index is 12.6. The lowest BCUT2D eigenvalue weighted by atomic mass is 10.1. The van der Waals surface area contributed by atoms with E-state index in [2.05, 4.69) is 20.5 Å². The second kappa shape index (κ2) is 5.91. The van der Waals surface area contributed by atoms with Crippen LogP contribution < -0.4 is 10.2 Å². The molecule has 7 nitrogen and oxygen atoms in total. The maximum Gasteiger partial charge on any atom is 0.231 e. The first-order chi connectivity index (χ1) is 12.7. The first kappa shape index (κ1) is 15.5. The van der Waals surface area contributed by atoms with Crippen molar-refractivity contribution in [3.63, 3.8) is 0 Å². The Kier molecular flexibility index (Phi) is 3.53. The Morgan fingerprint density at radius 2 is 2.19 bits per heavy atom. The molecule has 8 heteroatoms. The number of hydrogen-bond donors (Lipinski definition) is 2. The minimum Gasteiger partial charge on any atom is -0.302 e. The predicted octanol–water partition coefficient (Wildman–Crippen LogP) is 2.50. The zero-order valence-electron chi connectivity index (χ0n) is 14.0. The molecule has 2 amide bonds. The van der Waals surface area contributed by atoms with E-state index < -0.39 is 5.92 Å². The van der Waals surface area contributed by atoms with Crippen LogP contribution in [-0.4, -0.2) is 33.5 Å². The molecule has 3 heterocycles. The van der Waals surface area contributed by atoms with E-state index in [1.807, 2.05) is 24.3 Å². The topological polar surface area (TPSA) is 91.0 Å². The highest BCUT2D eigenvalue weighted by atomic mass is 32.1. The van der Waals surface area contributed by atoms with Crippen molar-refractivity contribution < 1.29 is 9.59 Å². The van der Waals surface area contributed by atoms with Gasteiger partial charge < -0.3 is 5.32 Å². The number of fused-ring (bicyclic) bond motifs is 2. The Labute approximate surface area is 153 Å². The van der Waals surface area contributed by atoms with Crippen molar-refractivity contribution >= 4 is 45.0 Å². The second-order valence-corrected chi connectivity index (χ2v) is 7.81. The maximum atomic E-state index is 12.6. The van der Waals surface area contributed by atoms with Crippen molar-refractivity contribution in [2.45, 2.75) is 25.7 Å². The largest absolute Gasteiger partial charge is 0.302 e. The molecule has 0 bridgehead atoms. The van der Waals surface area contributed by atoms with Crippen LogP contribution in [0.5, 0.6) is 0 Å². The smallest absolute Gasteiger partial charge is 0.231 e. The highest BCUT2D eigenvalue weighted by Crippen LogP contribution is 2.32. The number of benzene rings is 1. The predicted molar refractivity (Wildman–Crippen MR) is 99.3 cm³/mol. The molecule has 1 atom stereocenters. The summed E-state index contributed by atoms with van der Waals surface area (Å²) in [6.07, 6.45) is 3.37. The van der Waals surface area contributed by atoms with Gasteiger partial charge >= 0.3 is 0 Å². The Morgan fingerprint density at radius 3 is 3.08 bits per heavy atom. The van der Waals surface area contributed by atoms with E-state index in [1.165, 1.54) is 4.88 Å². The molecule has 1 aromatic carbocycles. The molecular formula is C18H17N5O2S. The van der Waals surface area contributed by atoms with Crippen LogP contribution in [0.4, 0.5) is 10.9 Å². The molecule has 2 N–H and O–H groups in total. The van der Waals surface area contributed by atoms with E-state index in [1.54, 1.807) is 16.2 Å². The van der Waals surface area contributed by atoms with Crippen molar-refractivity contribution in [1.82, 2.24) is 15.2 Å². The summed E-state index contributed by atoms with van der Waals surface area (Å²) in [5, 5.41) is 11.7. The van der Waals surface area contributed by atoms with Gasteiger partial charge in [0.1, 0.15) is 0 Å². The molecule has 1 aliphatic carbocycles. The number of hydrogen-bond acceptors (Lipinski definition) is 5. The fourth-order valence-electron chi connectivity index (χ4n) is 3.69. The Hall–Kier alpha value is -2.74. The minimum absolute atomic E-state index is 0.0796. The summed E-state index contributed by atoms with van der Waals surface area (Å²) < 4.78 is 0. The van der Waals surface area contributed by atoms with Gasteiger partial charge in [-0.15, -0.1) is 11.3 Å². The van der Waals surface area contributed by atoms with Gasteiger partial charge in [-0.1, -0.05) is 12.1 Å². The summed E-state index contributed by atoms with van der Waals surface area (Å²) in [6, 6.07) is 7.66. The number of anilines is 2. The van der Waals surface area contributed by atoms with E-state index in [4.69, 9.17) is 0 Å². The summed E-state index contributed by atoms with van der Waals surface area (Å²) in [7, 11) is 0. The van der Waals surface area contributed by atoms with E-state index in [0.29, 0.717) is 17.5 Å². The van der Waals surface area contributed by atoms with Crippen molar-refractivity contribution in [2.24, 2.45) is 5.92 Å². The van der Waals surface area contributed by atoms with Crippen LogP contribution in [0.15, 0.2) is 24.3 Å². The van der Waals surface area contributed by atoms with Gasteiger partial charge in [-0.2, -0.15) is 5.10 Å². The summed E-state index contributed by atoms with van der Waals surface area (Å²) in [4.78, 5) is 32.5. The van der Waals surface area contributed by atoms with Crippen LogP contribution in [0.2, 0.25) is 0 Å². The van der Waals surface area contributed by atoms with Crippen LogP contribution >= 0.6 is 11.3 Å². The molecule has 132 valence electrons. The lowest BCUT2D eigenvalue weighted by molar-refractivity contribution is -0.122. The van der Waals surface area contributed by atoms with Crippen LogP contribution in [0, 0.1) is 5.92 Å². The monoisotopic (exact) mass is 367 g/mol. The fraction of sp³-hybridized carbons (Fsp3) is 0.333. The quantitative estimate of drug-likeness (QED) is 0.744. The summed E-state index contributed by atoms with van der Waals surface area (Å²) in [5.41, 5.74) is 1.98. The number of rotatable bonds is 3. The summed E-state index contributed by atoms with van der Waals surface area (Å²) >= 11 is 1.55. The molecule has 1 fully saturated rings. The first-order valence-electron chi connectivity index (χ1n) is 8.72. The number of carbonyl (C=O) groups is 2. The zero-order chi connectivity index (χ0) is 17.7. The Morgan fingerprint density at radius 1 is 1.31 bits per heavy atom. The summed E-state index contributed by atoms with van der Waals surface area (Å²) in [6.45, 7) is 0.338. The highest BCUT2D eigenvalue weighted by molar-refractivity contribution is 7.15. The molecule has 5 rings (SSSR count). The number of H-pyrrole nitrogens is 1. The van der Waals surface area contributed by atoms with Crippen molar-refractivity contribution in [3.8, 4) is 0 Å². The molecular weight excluding hydrogens is 350 g/mol. The van der Waals surface area contributed by atoms with Gasteiger partial charge in [-0.3, -0.25) is 19.6 Å². The molecule has 0 saturated carbocycles. The van der Waals surface area contributed by atoms with Gasteiger partial charge in [0, 0.05) is 23.2 Å². The molecule has 1 saturated heterocycles. The molecule has 1 aliphatic heterocycles. The lowest BCUT2D eigenvalue weighted by Crippen LogP contribution is -2.28. The molecule has 0 spiro atoms. The second-order valence-electron chi connectivity index (χ2n) is 6.73. The average molecular weight is 367 g/mol. The number of thiazole rings is 1. The molecule has 2 aliphatic rings. The van der Waals surface area contributed by atoms with Gasteiger partial charge in [0.05, 0.1) is 17.1 Å². The van der Waals surface area contributed by atoms with E-state index in [-0.39, 0.29) is 18.2 Å². The number of aromatic amines is 1. The average Bonchev–Trinajstić information content (AvgIpc) is 3.36. The number of aromatic nitrogens is 3. The zero-order valence-corrected chi connectivity index (χ0v) is 14.8. The van der Waals surface area contributed by atoms with Gasteiger partial charge in [-0.25, -0.2) is 4.98 Å². The number of para-hydroxylation sites is 1. The molecule has 2 aromatic heterocycles. The Bertz CT molecular complexity index is 1000. The number of carbonyl (C=O) groups excluding carboxylic acids is 2. The highest BCUT2D eigenvalue weighted by Gasteiger charge is 2.37. The number of aryl methyl sites for hydroxylation is 2.